The number of carbonyl (C=O) groups excluding carboxylic acids is 1. The molecule has 1 fully saturated rings. The smallest absolute Gasteiger partial charge is 0.387 e. The van der Waals surface area contributed by atoms with Crippen molar-refractivity contribution >= 4 is 18.3 Å². The number of carbonyl (C=O) groups is 1. The number of nitrogens with one attached hydrogen (secondary N) is 2. The maximum Gasteiger partial charge on any atom is 0.387 e. The van der Waals surface area contributed by atoms with Crippen LogP contribution >= 0.6 is 12.4 Å². The van der Waals surface area contributed by atoms with Crippen LogP contribution in [-0.4, -0.2) is 38.3 Å². The second-order valence-corrected chi connectivity index (χ2v) is 4.30. The quantitative estimate of drug-likeness (QED) is 0.858. The van der Waals surface area contributed by atoms with Crippen LogP contribution in [0.15, 0.2) is 24.3 Å². The van der Waals surface area contributed by atoms with Crippen LogP contribution in [-0.2, 0) is 16.1 Å². The summed E-state index contributed by atoms with van der Waals surface area (Å²) in [6.45, 7) is -0.773. The maximum atomic E-state index is 12.0. The van der Waals surface area contributed by atoms with E-state index in [1.165, 1.54) is 12.1 Å². The van der Waals surface area contributed by atoms with Crippen LogP contribution in [0.2, 0.25) is 0 Å². The summed E-state index contributed by atoms with van der Waals surface area (Å²) < 4.78 is 33.5. The zero-order valence-corrected chi connectivity index (χ0v) is 12.0. The molecule has 2 N–H and O–H groups in total. The molecule has 1 atom stereocenters. The van der Waals surface area contributed by atoms with Crippen molar-refractivity contribution in [1.29, 1.82) is 0 Å². The zero-order chi connectivity index (χ0) is 14.4. The minimum absolute atomic E-state index is 0. The molecule has 1 saturated heterocycles. The van der Waals surface area contributed by atoms with E-state index in [0.717, 1.165) is 12.1 Å². The third-order valence-electron chi connectivity index (χ3n) is 2.84. The molecule has 0 aliphatic carbocycles. The van der Waals surface area contributed by atoms with Crippen LogP contribution in [0.1, 0.15) is 5.56 Å². The lowest BCUT2D eigenvalue weighted by Gasteiger charge is -2.22. The lowest BCUT2D eigenvalue weighted by atomic mass is 10.2. The highest BCUT2D eigenvalue weighted by molar-refractivity contribution is 5.85. The molecular formula is C13H17ClF2N2O3. The zero-order valence-electron chi connectivity index (χ0n) is 11.2. The van der Waals surface area contributed by atoms with Gasteiger partial charge in [0.25, 0.3) is 5.91 Å². The lowest BCUT2D eigenvalue weighted by molar-refractivity contribution is -0.134. The summed E-state index contributed by atoms with van der Waals surface area (Å²) in [4.78, 5) is 11.8. The Balaban J connectivity index is 0.00000220. The van der Waals surface area contributed by atoms with Crippen molar-refractivity contribution in [2.75, 3.05) is 19.7 Å². The highest BCUT2D eigenvalue weighted by Crippen LogP contribution is 2.14. The van der Waals surface area contributed by atoms with Gasteiger partial charge in [-0.3, -0.25) is 4.79 Å². The first-order chi connectivity index (χ1) is 9.65. The van der Waals surface area contributed by atoms with E-state index in [0.29, 0.717) is 19.7 Å². The summed E-state index contributed by atoms with van der Waals surface area (Å²) in [5, 5.41) is 5.80. The average Bonchev–Trinajstić information content (AvgIpc) is 2.46. The molecule has 0 saturated carbocycles. The Labute approximate surface area is 127 Å². The SMILES string of the molecule is Cl.O=C(NCc1ccc(OC(F)F)cc1)C1CNCCO1. The highest BCUT2D eigenvalue weighted by Gasteiger charge is 2.21. The van der Waals surface area contributed by atoms with Crippen molar-refractivity contribution < 1.29 is 23.0 Å². The second kappa shape index (κ2) is 8.76. The van der Waals surface area contributed by atoms with E-state index in [4.69, 9.17) is 4.74 Å². The van der Waals surface area contributed by atoms with Crippen LogP contribution in [0, 0.1) is 0 Å². The summed E-state index contributed by atoms with van der Waals surface area (Å²) in [6.07, 6.45) is -0.481. The fourth-order valence-electron chi connectivity index (χ4n) is 1.83. The number of halogens is 3. The van der Waals surface area contributed by atoms with Gasteiger partial charge in [0.05, 0.1) is 6.61 Å². The fraction of sp³-hybridized carbons (Fsp3) is 0.462. The van der Waals surface area contributed by atoms with Gasteiger partial charge in [-0.25, -0.2) is 0 Å². The van der Waals surface area contributed by atoms with Crippen LogP contribution in [0.4, 0.5) is 8.78 Å². The number of hydrogen-bond donors (Lipinski definition) is 2. The van der Waals surface area contributed by atoms with Gasteiger partial charge >= 0.3 is 6.61 Å². The van der Waals surface area contributed by atoms with Crippen LogP contribution < -0.4 is 15.4 Å². The Morgan fingerprint density at radius 2 is 2.14 bits per heavy atom. The molecule has 1 aliphatic heterocycles. The van der Waals surface area contributed by atoms with Crippen molar-refractivity contribution in [3.8, 4) is 5.75 Å². The van der Waals surface area contributed by atoms with Gasteiger partial charge in [-0.15, -0.1) is 12.4 Å². The molecule has 0 aromatic heterocycles. The van der Waals surface area contributed by atoms with E-state index in [2.05, 4.69) is 15.4 Å². The van der Waals surface area contributed by atoms with Gasteiger partial charge in [0.15, 0.2) is 0 Å². The minimum Gasteiger partial charge on any atom is -0.435 e. The van der Waals surface area contributed by atoms with E-state index < -0.39 is 12.7 Å². The summed E-state index contributed by atoms with van der Waals surface area (Å²) in [6, 6.07) is 6.12. The molecule has 0 radical (unpaired) electrons. The number of morpholine rings is 1. The van der Waals surface area contributed by atoms with Crippen molar-refractivity contribution in [3.63, 3.8) is 0 Å². The molecule has 1 heterocycles. The molecule has 0 spiro atoms. The van der Waals surface area contributed by atoms with Crippen LogP contribution in [0.5, 0.6) is 5.75 Å². The van der Waals surface area contributed by atoms with Gasteiger partial charge in [-0.2, -0.15) is 8.78 Å². The fourth-order valence-corrected chi connectivity index (χ4v) is 1.83. The van der Waals surface area contributed by atoms with E-state index in [9.17, 15) is 13.6 Å². The molecule has 1 amide bonds. The Bertz CT molecular complexity index is 440. The highest BCUT2D eigenvalue weighted by atomic mass is 35.5. The third kappa shape index (κ3) is 5.82. The standard InChI is InChI=1S/C13H16F2N2O3.ClH/c14-13(15)20-10-3-1-9(2-4-10)7-17-12(18)11-8-16-5-6-19-11;/h1-4,11,13,16H,5-8H2,(H,17,18);1H. The first-order valence-electron chi connectivity index (χ1n) is 6.29. The largest absolute Gasteiger partial charge is 0.435 e. The molecule has 118 valence electrons. The number of rotatable bonds is 5. The van der Waals surface area contributed by atoms with Gasteiger partial charge in [0, 0.05) is 19.6 Å². The average molecular weight is 323 g/mol. The predicted octanol–water partition coefficient (Wildman–Crippen LogP) is 1.31. The van der Waals surface area contributed by atoms with Gasteiger partial charge in [0.1, 0.15) is 11.9 Å². The molecular weight excluding hydrogens is 306 g/mol. The number of amides is 1. The molecule has 8 heteroatoms. The Hall–Kier alpha value is -1.44. The summed E-state index contributed by atoms with van der Waals surface area (Å²) >= 11 is 0. The summed E-state index contributed by atoms with van der Waals surface area (Å²) in [5.74, 6) is -0.0972. The van der Waals surface area contributed by atoms with E-state index >= 15 is 0 Å². The van der Waals surface area contributed by atoms with Crippen molar-refractivity contribution in [3.05, 3.63) is 29.8 Å². The van der Waals surface area contributed by atoms with Crippen molar-refractivity contribution in [2.45, 2.75) is 19.3 Å². The van der Waals surface area contributed by atoms with Gasteiger partial charge in [-0.1, -0.05) is 12.1 Å². The molecule has 21 heavy (non-hydrogen) atoms. The molecule has 2 rings (SSSR count). The van der Waals surface area contributed by atoms with E-state index in [-0.39, 0.29) is 24.1 Å². The summed E-state index contributed by atoms with van der Waals surface area (Å²) in [7, 11) is 0. The minimum atomic E-state index is -2.84. The molecule has 5 nitrogen and oxygen atoms in total. The van der Waals surface area contributed by atoms with E-state index in [1.54, 1.807) is 12.1 Å². The molecule has 0 bridgehead atoms. The lowest BCUT2D eigenvalue weighted by Crippen LogP contribution is -2.47. The number of hydrogen-bond acceptors (Lipinski definition) is 4. The van der Waals surface area contributed by atoms with Crippen LogP contribution in [0.3, 0.4) is 0 Å². The number of ether oxygens (including phenoxy) is 2. The van der Waals surface area contributed by atoms with Gasteiger partial charge in [-0.05, 0) is 17.7 Å². The Morgan fingerprint density at radius 1 is 1.43 bits per heavy atom. The Kier molecular flexibility index (Phi) is 7.35. The monoisotopic (exact) mass is 322 g/mol. The third-order valence-corrected chi connectivity index (χ3v) is 2.84. The van der Waals surface area contributed by atoms with E-state index in [1.807, 2.05) is 0 Å². The predicted molar refractivity (Wildman–Crippen MR) is 74.8 cm³/mol. The van der Waals surface area contributed by atoms with Crippen molar-refractivity contribution in [1.82, 2.24) is 10.6 Å². The number of benzene rings is 1. The summed E-state index contributed by atoms with van der Waals surface area (Å²) in [5.41, 5.74) is 0.795. The van der Waals surface area contributed by atoms with Gasteiger partial charge < -0.3 is 20.1 Å². The van der Waals surface area contributed by atoms with Crippen LogP contribution in [0.25, 0.3) is 0 Å². The first kappa shape index (κ1) is 17.6. The molecule has 1 aromatic carbocycles. The topological polar surface area (TPSA) is 59.6 Å². The Morgan fingerprint density at radius 3 is 2.71 bits per heavy atom. The molecule has 1 unspecified atom stereocenters. The normalized spacial score (nSPS) is 18.0. The molecule has 1 aliphatic rings. The molecule has 1 aromatic rings. The maximum absolute atomic E-state index is 12.0. The second-order valence-electron chi connectivity index (χ2n) is 4.30. The van der Waals surface area contributed by atoms with Gasteiger partial charge in [0.2, 0.25) is 0 Å². The number of alkyl halides is 2. The first-order valence-corrected chi connectivity index (χ1v) is 6.29. The van der Waals surface area contributed by atoms with Crippen molar-refractivity contribution in [2.24, 2.45) is 0 Å².